The van der Waals surface area contributed by atoms with Crippen LogP contribution in [0.2, 0.25) is 0 Å². The van der Waals surface area contributed by atoms with Gasteiger partial charge < -0.3 is 15.8 Å². The lowest BCUT2D eigenvalue weighted by Crippen LogP contribution is -2.49. The fraction of sp³-hybridized carbons (Fsp3) is 0.846. The van der Waals surface area contributed by atoms with Gasteiger partial charge in [0.15, 0.2) is 6.04 Å². The van der Waals surface area contributed by atoms with Crippen molar-refractivity contribution in [3.05, 3.63) is 0 Å². The maximum atomic E-state index is 11.6. The van der Waals surface area contributed by atoms with E-state index in [2.05, 4.69) is 37.9 Å². The second-order valence-electron chi connectivity index (χ2n) is 4.95. The van der Waals surface area contributed by atoms with Crippen molar-refractivity contribution >= 4 is 11.9 Å². The van der Waals surface area contributed by atoms with E-state index >= 15 is 0 Å². The van der Waals surface area contributed by atoms with E-state index in [0.29, 0.717) is 18.6 Å². The Morgan fingerprint density at radius 2 is 1.74 bits per heavy atom. The third kappa shape index (κ3) is 6.54. The third-order valence-corrected chi connectivity index (χ3v) is 2.82. The first-order chi connectivity index (χ1) is 8.81. The van der Waals surface area contributed by atoms with Gasteiger partial charge >= 0.3 is 5.97 Å². The Labute approximate surface area is 115 Å². The first-order valence-corrected chi connectivity index (χ1v) is 6.76. The van der Waals surface area contributed by atoms with Crippen LogP contribution in [0.15, 0.2) is 0 Å². The number of esters is 1. The summed E-state index contributed by atoms with van der Waals surface area (Å²) in [5, 5.41) is 2.66. The molecule has 6 nitrogen and oxygen atoms in total. The molecule has 3 N–H and O–H groups in total. The summed E-state index contributed by atoms with van der Waals surface area (Å²) in [7, 11) is 0. The predicted molar refractivity (Wildman–Crippen MR) is 74.6 cm³/mol. The second-order valence-corrected chi connectivity index (χ2v) is 4.95. The number of amides is 1. The van der Waals surface area contributed by atoms with Crippen molar-refractivity contribution in [1.82, 2.24) is 10.2 Å². The van der Waals surface area contributed by atoms with Crippen LogP contribution in [0.25, 0.3) is 0 Å². The third-order valence-electron chi connectivity index (χ3n) is 2.82. The van der Waals surface area contributed by atoms with Gasteiger partial charge in [-0.05, 0) is 34.6 Å². The molecule has 0 aromatic rings. The standard InChI is InChI=1S/C13H27N3O3/c1-6-19-13(18)11(14)12(17)15-7-8-16(9(2)3)10(4)5/h9-11H,6-8,14H2,1-5H3,(H,15,17). The fourth-order valence-electron chi connectivity index (χ4n) is 1.87. The number of nitrogens with zero attached hydrogens (tertiary/aromatic N) is 1. The number of ether oxygens (including phenoxy) is 1. The van der Waals surface area contributed by atoms with E-state index in [4.69, 9.17) is 10.5 Å². The Kier molecular flexibility index (Phi) is 8.34. The molecule has 0 aromatic heterocycles. The van der Waals surface area contributed by atoms with E-state index < -0.39 is 17.9 Å². The lowest BCUT2D eigenvalue weighted by atomic mass is 10.2. The molecule has 112 valence electrons. The monoisotopic (exact) mass is 273 g/mol. The van der Waals surface area contributed by atoms with Gasteiger partial charge in [0.05, 0.1) is 6.61 Å². The van der Waals surface area contributed by atoms with E-state index in [9.17, 15) is 9.59 Å². The fourth-order valence-corrected chi connectivity index (χ4v) is 1.87. The molecule has 0 spiro atoms. The van der Waals surface area contributed by atoms with Crippen LogP contribution in [0.4, 0.5) is 0 Å². The zero-order valence-electron chi connectivity index (χ0n) is 12.6. The van der Waals surface area contributed by atoms with E-state index in [1.807, 2.05) is 0 Å². The van der Waals surface area contributed by atoms with Gasteiger partial charge in [0.1, 0.15) is 0 Å². The maximum Gasteiger partial charge on any atom is 0.332 e. The molecule has 1 amide bonds. The Hall–Kier alpha value is -1.14. The first kappa shape index (κ1) is 17.9. The molecular weight excluding hydrogens is 246 g/mol. The van der Waals surface area contributed by atoms with Gasteiger partial charge in [-0.3, -0.25) is 9.69 Å². The zero-order chi connectivity index (χ0) is 15.0. The van der Waals surface area contributed by atoms with Crippen molar-refractivity contribution in [3.8, 4) is 0 Å². The van der Waals surface area contributed by atoms with Gasteiger partial charge in [0, 0.05) is 25.2 Å². The van der Waals surface area contributed by atoms with Crippen LogP contribution in [-0.4, -0.2) is 54.6 Å². The maximum absolute atomic E-state index is 11.6. The first-order valence-electron chi connectivity index (χ1n) is 6.76. The Morgan fingerprint density at radius 3 is 2.16 bits per heavy atom. The van der Waals surface area contributed by atoms with Crippen molar-refractivity contribution in [2.24, 2.45) is 5.73 Å². The zero-order valence-corrected chi connectivity index (χ0v) is 12.6. The van der Waals surface area contributed by atoms with Gasteiger partial charge in [-0.25, -0.2) is 4.79 Å². The van der Waals surface area contributed by atoms with E-state index in [1.165, 1.54) is 0 Å². The second kappa shape index (κ2) is 8.87. The molecule has 0 saturated heterocycles. The van der Waals surface area contributed by atoms with Crippen molar-refractivity contribution in [2.75, 3.05) is 19.7 Å². The molecule has 0 aliphatic carbocycles. The van der Waals surface area contributed by atoms with Gasteiger partial charge in [-0.2, -0.15) is 0 Å². The van der Waals surface area contributed by atoms with Crippen molar-refractivity contribution in [2.45, 2.75) is 52.7 Å². The minimum absolute atomic E-state index is 0.217. The van der Waals surface area contributed by atoms with E-state index in [0.717, 1.165) is 6.54 Å². The lowest BCUT2D eigenvalue weighted by molar-refractivity contribution is -0.148. The molecule has 0 aliphatic rings. The Balaban J connectivity index is 4.12. The average molecular weight is 273 g/mol. The molecule has 0 heterocycles. The molecule has 0 aromatic carbocycles. The summed E-state index contributed by atoms with van der Waals surface area (Å²) in [6.07, 6.45) is 0. The Morgan fingerprint density at radius 1 is 1.21 bits per heavy atom. The lowest BCUT2D eigenvalue weighted by Gasteiger charge is -2.30. The van der Waals surface area contributed by atoms with Gasteiger partial charge in [-0.1, -0.05) is 0 Å². The van der Waals surface area contributed by atoms with Crippen molar-refractivity contribution < 1.29 is 14.3 Å². The number of nitrogens with two attached hydrogens (primary N) is 1. The van der Waals surface area contributed by atoms with E-state index in [1.54, 1.807) is 6.92 Å². The topological polar surface area (TPSA) is 84.7 Å². The molecule has 0 bridgehead atoms. The largest absolute Gasteiger partial charge is 0.464 e. The normalized spacial score (nSPS) is 12.9. The summed E-state index contributed by atoms with van der Waals surface area (Å²) in [5.74, 6) is -1.18. The van der Waals surface area contributed by atoms with Crippen LogP contribution in [0.3, 0.4) is 0 Å². The highest BCUT2D eigenvalue weighted by Gasteiger charge is 2.23. The molecule has 0 radical (unpaired) electrons. The number of rotatable bonds is 8. The number of carbonyl (C=O) groups is 2. The van der Waals surface area contributed by atoms with E-state index in [-0.39, 0.29) is 6.61 Å². The molecule has 1 atom stereocenters. The number of carbonyl (C=O) groups excluding carboxylic acids is 2. The summed E-state index contributed by atoms with van der Waals surface area (Å²) in [6.45, 7) is 11.5. The molecule has 0 aliphatic heterocycles. The predicted octanol–water partition coefficient (Wildman–Crippen LogP) is 0.112. The van der Waals surface area contributed by atoms with Crippen LogP contribution in [0.1, 0.15) is 34.6 Å². The van der Waals surface area contributed by atoms with Crippen molar-refractivity contribution in [1.29, 1.82) is 0 Å². The van der Waals surface area contributed by atoms with Crippen LogP contribution < -0.4 is 11.1 Å². The molecule has 0 saturated carbocycles. The number of hydrogen-bond donors (Lipinski definition) is 2. The highest BCUT2D eigenvalue weighted by Crippen LogP contribution is 2.03. The minimum atomic E-state index is -1.24. The molecule has 0 fully saturated rings. The Bertz CT molecular complexity index is 285. The smallest absolute Gasteiger partial charge is 0.332 e. The summed E-state index contributed by atoms with van der Waals surface area (Å²) in [4.78, 5) is 25.2. The summed E-state index contributed by atoms with van der Waals surface area (Å²) in [5.41, 5.74) is 5.48. The number of nitrogens with one attached hydrogen (secondary N) is 1. The quantitative estimate of drug-likeness (QED) is 0.484. The molecule has 6 heteroatoms. The van der Waals surface area contributed by atoms with Crippen LogP contribution in [-0.2, 0) is 14.3 Å². The van der Waals surface area contributed by atoms with Gasteiger partial charge in [0.2, 0.25) is 5.91 Å². The summed E-state index contributed by atoms with van der Waals surface area (Å²) >= 11 is 0. The SMILES string of the molecule is CCOC(=O)C(N)C(=O)NCCN(C(C)C)C(C)C. The van der Waals surface area contributed by atoms with Crippen LogP contribution in [0.5, 0.6) is 0 Å². The average Bonchev–Trinajstić information content (AvgIpc) is 2.32. The summed E-state index contributed by atoms with van der Waals surface area (Å²) in [6, 6.07) is -0.447. The molecule has 19 heavy (non-hydrogen) atoms. The highest BCUT2D eigenvalue weighted by molar-refractivity contribution is 6.01. The van der Waals surface area contributed by atoms with Crippen LogP contribution in [0, 0.1) is 0 Å². The summed E-state index contributed by atoms with van der Waals surface area (Å²) < 4.78 is 4.69. The minimum Gasteiger partial charge on any atom is -0.464 e. The van der Waals surface area contributed by atoms with Crippen LogP contribution >= 0.6 is 0 Å². The van der Waals surface area contributed by atoms with Gasteiger partial charge in [-0.15, -0.1) is 0 Å². The molecule has 1 unspecified atom stereocenters. The van der Waals surface area contributed by atoms with Gasteiger partial charge in [0.25, 0.3) is 0 Å². The number of hydrogen-bond acceptors (Lipinski definition) is 5. The molecule has 0 rings (SSSR count). The highest BCUT2D eigenvalue weighted by atomic mass is 16.5. The molecular formula is C13H27N3O3. The van der Waals surface area contributed by atoms with Crippen molar-refractivity contribution in [3.63, 3.8) is 0 Å².